The maximum atomic E-state index is 13.0. The third-order valence-corrected chi connectivity index (χ3v) is 4.94. The number of methoxy groups -OCH3 is 1. The zero-order chi connectivity index (χ0) is 23.6. The molecule has 0 aliphatic carbocycles. The van der Waals surface area contributed by atoms with E-state index >= 15 is 0 Å². The Morgan fingerprint density at radius 3 is 2.47 bits per heavy atom. The fourth-order valence-corrected chi connectivity index (χ4v) is 3.31. The normalized spacial score (nSPS) is 16.1. The Bertz CT molecular complexity index is 1160. The van der Waals surface area contributed by atoms with E-state index < -0.39 is 29.9 Å². The number of amides is 4. The van der Waals surface area contributed by atoms with Crippen molar-refractivity contribution in [3.8, 4) is 11.5 Å². The molecule has 1 atom stereocenters. The number of benzene rings is 2. The number of carboxylic acid groups (broad SMARTS) is 1. The van der Waals surface area contributed by atoms with Crippen LogP contribution in [0.5, 0.6) is 11.5 Å². The molecule has 1 fully saturated rings. The van der Waals surface area contributed by atoms with Crippen molar-refractivity contribution < 1.29 is 33.8 Å². The molecule has 32 heavy (non-hydrogen) atoms. The van der Waals surface area contributed by atoms with Crippen LogP contribution < -0.4 is 19.7 Å². The number of carbonyl (C=O) groups is 4. The number of ether oxygens (including phenoxy) is 2. The van der Waals surface area contributed by atoms with Crippen molar-refractivity contribution in [2.75, 3.05) is 12.0 Å². The van der Waals surface area contributed by atoms with E-state index in [0.29, 0.717) is 10.6 Å². The number of hydrogen-bond acceptors (Lipinski definition) is 6. The van der Waals surface area contributed by atoms with Gasteiger partial charge < -0.3 is 14.6 Å². The lowest BCUT2D eigenvalue weighted by atomic mass is 10.1. The minimum atomic E-state index is -1.16. The Hall–Kier alpha value is -3.56. The van der Waals surface area contributed by atoms with E-state index in [1.807, 2.05) is 0 Å². The molecule has 0 aromatic heterocycles. The van der Waals surface area contributed by atoms with Gasteiger partial charge >= 0.3 is 12.0 Å². The third kappa shape index (κ3) is 4.68. The van der Waals surface area contributed by atoms with Gasteiger partial charge in [0.05, 0.1) is 17.8 Å². The summed E-state index contributed by atoms with van der Waals surface area (Å²) in [5, 5.41) is 11.5. The standard InChI is InChI=1S/C21H16Cl2N2O7/c1-10(20(28)29)32-16-6-3-11(8-17(16)31-2)7-13-18(26)24-21(30)25(19(13)27)15-5-4-12(22)9-14(15)23/h3-10H,1-2H3,(H,28,29)(H,24,26,30)/b13-7-. The van der Waals surface area contributed by atoms with Gasteiger partial charge in [0, 0.05) is 5.02 Å². The molecule has 0 saturated carbocycles. The molecule has 3 rings (SSSR count). The van der Waals surface area contributed by atoms with Gasteiger partial charge in [-0.1, -0.05) is 29.3 Å². The van der Waals surface area contributed by atoms with E-state index in [4.69, 9.17) is 37.8 Å². The van der Waals surface area contributed by atoms with E-state index in [2.05, 4.69) is 5.32 Å². The van der Waals surface area contributed by atoms with Gasteiger partial charge in [0.25, 0.3) is 11.8 Å². The zero-order valence-corrected chi connectivity index (χ0v) is 18.2. The van der Waals surface area contributed by atoms with Crippen molar-refractivity contribution >= 4 is 58.8 Å². The maximum Gasteiger partial charge on any atom is 0.344 e. The summed E-state index contributed by atoms with van der Waals surface area (Å²) in [5.74, 6) is -2.59. The molecule has 1 aliphatic rings. The first-order chi connectivity index (χ1) is 15.1. The topological polar surface area (TPSA) is 122 Å². The molecule has 166 valence electrons. The molecule has 2 aromatic rings. The molecule has 1 unspecified atom stereocenters. The molecule has 11 heteroatoms. The highest BCUT2D eigenvalue weighted by Crippen LogP contribution is 2.33. The third-order valence-electron chi connectivity index (χ3n) is 4.40. The Morgan fingerprint density at radius 2 is 1.84 bits per heavy atom. The second-order valence-electron chi connectivity index (χ2n) is 6.56. The van der Waals surface area contributed by atoms with E-state index in [0.717, 1.165) is 4.90 Å². The highest BCUT2D eigenvalue weighted by Gasteiger charge is 2.37. The van der Waals surface area contributed by atoms with Crippen molar-refractivity contribution in [2.45, 2.75) is 13.0 Å². The zero-order valence-electron chi connectivity index (χ0n) is 16.7. The van der Waals surface area contributed by atoms with Crippen molar-refractivity contribution in [1.29, 1.82) is 0 Å². The lowest BCUT2D eigenvalue weighted by molar-refractivity contribution is -0.144. The van der Waals surface area contributed by atoms with E-state index in [-0.39, 0.29) is 27.8 Å². The minimum absolute atomic E-state index is 0.0467. The number of anilines is 1. The average Bonchev–Trinajstić information content (AvgIpc) is 2.73. The van der Waals surface area contributed by atoms with Crippen molar-refractivity contribution in [2.24, 2.45) is 0 Å². The molecule has 0 spiro atoms. The largest absolute Gasteiger partial charge is 0.493 e. The molecular formula is C21H16Cl2N2O7. The molecule has 9 nitrogen and oxygen atoms in total. The van der Waals surface area contributed by atoms with Crippen molar-refractivity contribution in [3.05, 3.63) is 57.6 Å². The lowest BCUT2D eigenvalue weighted by Gasteiger charge is -2.27. The molecule has 0 bridgehead atoms. The van der Waals surface area contributed by atoms with Crippen LogP contribution >= 0.6 is 23.2 Å². The van der Waals surface area contributed by atoms with Gasteiger partial charge in [-0.15, -0.1) is 0 Å². The number of nitrogens with one attached hydrogen (secondary N) is 1. The maximum absolute atomic E-state index is 13.0. The molecule has 1 saturated heterocycles. The fourth-order valence-electron chi connectivity index (χ4n) is 2.82. The number of imide groups is 2. The van der Waals surface area contributed by atoms with E-state index in [1.54, 1.807) is 0 Å². The van der Waals surface area contributed by atoms with Crippen LogP contribution in [0.1, 0.15) is 12.5 Å². The molecule has 1 heterocycles. The van der Waals surface area contributed by atoms with Crippen LogP contribution in [0.4, 0.5) is 10.5 Å². The number of nitrogens with zero attached hydrogens (tertiary/aromatic N) is 1. The summed E-state index contributed by atoms with van der Waals surface area (Å²) < 4.78 is 10.5. The number of urea groups is 1. The fraction of sp³-hybridized carbons (Fsp3) is 0.143. The number of barbiturate groups is 1. The highest BCUT2D eigenvalue weighted by molar-refractivity contribution is 6.42. The van der Waals surface area contributed by atoms with Crippen LogP contribution in [-0.4, -0.2) is 42.1 Å². The van der Waals surface area contributed by atoms with Crippen molar-refractivity contribution in [1.82, 2.24) is 5.32 Å². The van der Waals surface area contributed by atoms with Crippen molar-refractivity contribution in [3.63, 3.8) is 0 Å². The number of halogens is 2. The minimum Gasteiger partial charge on any atom is -0.493 e. The molecule has 0 radical (unpaired) electrons. The second kappa shape index (κ2) is 9.29. The number of hydrogen-bond donors (Lipinski definition) is 2. The SMILES string of the molecule is COc1cc(/C=C2/C(=O)NC(=O)N(c3ccc(Cl)cc3Cl)C2=O)ccc1OC(C)C(=O)O. The number of carboxylic acids is 1. The quantitative estimate of drug-likeness (QED) is 0.480. The highest BCUT2D eigenvalue weighted by atomic mass is 35.5. The lowest BCUT2D eigenvalue weighted by Crippen LogP contribution is -2.54. The molecule has 2 N–H and O–H groups in total. The number of rotatable bonds is 6. The number of aliphatic carboxylic acids is 1. The predicted octanol–water partition coefficient (Wildman–Crippen LogP) is 3.52. The van der Waals surface area contributed by atoms with E-state index in [1.165, 1.54) is 56.5 Å². The van der Waals surface area contributed by atoms with Gasteiger partial charge in [0.1, 0.15) is 5.57 Å². The Morgan fingerprint density at radius 1 is 1.12 bits per heavy atom. The summed E-state index contributed by atoms with van der Waals surface area (Å²) in [5.41, 5.74) is 0.0957. The van der Waals surface area contributed by atoms with Crippen LogP contribution in [0.3, 0.4) is 0 Å². The molecule has 1 aliphatic heterocycles. The summed E-state index contributed by atoms with van der Waals surface area (Å²) in [6.45, 7) is 1.36. The van der Waals surface area contributed by atoms with Crippen LogP contribution in [0, 0.1) is 0 Å². The molecule has 2 aromatic carbocycles. The first-order valence-electron chi connectivity index (χ1n) is 9.06. The van der Waals surface area contributed by atoms with Gasteiger partial charge in [-0.25, -0.2) is 14.5 Å². The number of carbonyl (C=O) groups excluding carboxylic acids is 3. The van der Waals surface area contributed by atoms with Gasteiger partial charge in [0.15, 0.2) is 17.6 Å². The van der Waals surface area contributed by atoms with Gasteiger partial charge in [0.2, 0.25) is 0 Å². The molecular weight excluding hydrogens is 463 g/mol. The summed E-state index contributed by atoms with van der Waals surface area (Å²) in [6.07, 6.45) is 0.135. The van der Waals surface area contributed by atoms with E-state index in [9.17, 15) is 19.2 Å². The van der Waals surface area contributed by atoms with Gasteiger partial charge in [-0.05, 0) is 48.9 Å². The van der Waals surface area contributed by atoms with Crippen LogP contribution in [0.25, 0.3) is 6.08 Å². The summed E-state index contributed by atoms with van der Waals surface area (Å²) in [4.78, 5) is 49.4. The smallest absolute Gasteiger partial charge is 0.344 e. The predicted molar refractivity (Wildman–Crippen MR) is 116 cm³/mol. The summed E-state index contributed by atoms with van der Waals surface area (Å²) in [7, 11) is 1.35. The summed E-state index contributed by atoms with van der Waals surface area (Å²) >= 11 is 12.0. The van der Waals surface area contributed by atoms with Crippen LogP contribution in [-0.2, 0) is 14.4 Å². The second-order valence-corrected chi connectivity index (χ2v) is 7.41. The Labute approximate surface area is 192 Å². The Balaban J connectivity index is 1.97. The molecule has 4 amide bonds. The average molecular weight is 479 g/mol. The van der Waals surface area contributed by atoms with Crippen LogP contribution in [0.2, 0.25) is 10.0 Å². The Kier molecular flexibility index (Phi) is 6.71. The first-order valence-corrected chi connectivity index (χ1v) is 9.82. The van der Waals surface area contributed by atoms with Gasteiger partial charge in [-0.2, -0.15) is 0 Å². The monoisotopic (exact) mass is 478 g/mol. The summed E-state index contributed by atoms with van der Waals surface area (Å²) in [6, 6.07) is 7.63. The van der Waals surface area contributed by atoms with Crippen LogP contribution in [0.15, 0.2) is 42.0 Å². The van der Waals surface area contributed by atoms with Gasteiger partial charge in [-0.3, -0.25) is 14.9 Å². The first kappa shape index (κ1) is 23.1.